The van der Waals surface area contributed by atoms with Crippen LogP contribution in [0, 0.1) is 10.1 Å². The molecule has 1 N–H and O–H groups in total. The molecule has 1 aromatic carbocycles. The van der Waals surface area contributed by atoms with Crippen molar-refractivity contribution in [2.75, 3.05) is 0 Å². The van der Waals surface area contributed by atoms with Gasteiger partial charge in [-0.25, -0.2) is 0 Å². The predicted molar refractivity (Wildman–Crippen MR) is 43.3 cm³/mol. The zero-order valence-corrected chi connectivity index (χ0v) is 6.69. The molecule has 1 heterocycles. The Morgan fingerprint density at radius 3 is 2.62 bits per heavy atom. The highest BCUT2D eigenvalue weighted by Gasteiger charge is 2.20. The van der Waals surface area contributed by atoms with E-state index in [0.29, 0.717) is 13.2 Å². The zero-order valence-electron chi connectivity index (χ0n) is 6.69. The van der Waals surface area contributed by atoms with Gasteiger partial charge in [0.2, 0.25) is 0 Å². The van der Waals surface area contributed by atoms with Crippen LogP contribution in [0.15, 0.2) is 12.1 Å². The molecule has 1 aromatic rings. The molecular weight excluding hydrogens is 174 g/mol. The van der Waals surface area contributed by atoms with Crippen LogP contribution in [0.4, 0.5) is 5.69 Å². The molecule has 0 saturated heterocycles. The number of benzene rings is 1. The lowest BCUT2D eigenvalue weighted by atomic mass is 10.1. The lowest BCUT2D eigenvalue weighted by Crippen LogP contribution is -1.91. The van der Waals surface area contributed by atoms with Crippen LogP contribution in [0.2, 0.25) is 0 Å². The molecular formula is C8H7NO4. The third kappa shape index (κ3) is 1.23. The van der Waals surface area contributed by atoms with E-state index in [1.165, 1.54) is 12.1 Å². The molecule has 0 spiro atoms. The molecule has 0 radical (unpaired) electrons. The second kappa shape index (κ2) is 2.70. The van der Waals surface area contributed by atoms with Crippen molar-refractivity contribution >= 4 is 5.69 Å². The Morgan fingerprint density at radius 2 is 2.00 bits per heavy atom. The number of hydrogen-bond donors (Lipinski definition) is 1. The van der Waals surface area contributed by atoms with Gasteiger partial charge in [0.25, 0.3) is 0 Å². The first-order valence-corrected chi connectivity index (χ1v) is 3.75. The minimum atomic E-state index is -0.603. The second-order valence-corrected chi connectivity index (χ2v) is 2.86. The van der Waals surface area contributed by atoms with Crippen molar-refractivity contribution in [1.29, 1.82) is 0 Å². The molecule has 5 heteroatoms. The third-order valence-corrected chi connectivity index (χ3v) is 2.01. The highest BCUT2D eigenvalue weighted by Crippen LogP contribution is 2.32. The molecule has 0 aliphatic carbocycles. The van der Waals surface area contributed by atoms with E-state index in [2.05, 4.69) is 0 Å². The van der Waals surface area contributed by atoms with Crippen molar-refractivity contribution in [3.05, 3.63) is 33.4 Å². The minimum Gasteiger partial charge on any atom is -0.502 e. The van der Waals surface area contributed by atoms with Crippen LogP contribution in [0.25, 0.3) is 0 Å². The van der Waals surface area contributed by atoms with Gasteiger partial charge < -0.3 is 9.84 Å². The highest BCUT2D eigenvalue weighted by atomic mass is 16.6. The summed E-state index contributed by atoms with van der Waals surface area (Å²) in [6.45, 7) is 0.803. The number of aromatic hydroxyl groups is 1. The van der Waals surface area contributed by atoms with E-state index in [9.17, 15) is 15.2 Å². The summed E-state index contributed by atoms with van der Waals surface area (Å²) in [6.07, 6.45) is 0. The third-order valence-electron chi connectivity index (χ3n) is 2.01. The van der Waals surface area contributed by atoms with Crippen LogP contribution < -0.4 is 0 Å². The van der Waals surface area contributed by atoms with Crippen molar-refractivity contribution < 1.29 is 14.8 Å². The van der Waals surface area contributed by atoms with Gasteiger partial charge in [0.1, 0.15) is 0 Å². The number of nitro groups is 1. The number of nitrogens with zero attached hydrogens (tertiary/aromatic N) is 1. The Balaban J connectivity index is 2.55. The molecule has 68 valence electrons. The standard InChI is InChI=1S/C8H7NO4/c10-8-2-6-4-13-3-5(6)1-7(8)9(11)12/h1-2,10H,3-4H2. The van der Waals surface area contributed by atoms with E-state index in [4.69, 9.17) is 4.74 Å². The number of hydrogen-bond acceptors (Lipinski definition) is 4. The molecule has 2 rings (SSSR count). The van der Waals surface area contributed by atoms with E-state index in [1.54, 1.807) is 0 Å². The fraction of sp³-hybridized carbons (Fsp3) is 0.250. The summed E-state index contributed by atoms with van der Waals surface area (Å²) in [5.41, 5.74) is 1.34. The average Bonchev–Trinajstić information content (AvgIpc) is 2.48. The first kappa shape index (κ1) is 8.00. The van der Waals surface area contributed by atoms with Gasteiger partial charge in [0, 0.05) is 6.07 Å². The Morgan fingerprint density at radius 1 is 1.38 bits per heavy atom. The zero-order chi connectivity index (χ0) is 9.42. The van der Waals surface area contributed by atoms with Crippen molar-refractivity contribution in [3.63, 3.8) is 0 Å². The van der Waals surface area contributed by atoms with Gasteiger partial charge in [-0.3, -0.25) is 10.1 Å². The SMILES string of the molecule is O=[N+]([O-])c1cc2c(cc1O)COC2. The van der Waals surface area contributed by atoms with Crippen LogP contribution in [0.1, 0.15) is 11.1 Å². The van der Waals surface area contributed by atoms with Gasteiger partial charge in [-0.1, -0.05) is 0 Å². The highest BCUT2D eigenvalue weighted by molar-refractivity contribution is 5.51. The average molecular weight is 181 g/mol. The first-order valence-electron chi connectivity index (χ1n) is 3.75. The topological polar surface area (TPSA) is 72.6 Å². The molecule has 0 amide bonds. The summed E-state index contributed by atoms with van der Waals surface area (Å²) < 4.78 is 5.07. The summed E-state index contributed by atoms with van der Waals surface area (Å²) in [4.78, 5) is 9.82. The molecule has 0 bridgehead atoms. The number of rotatable bonds is 1. The van der Waals surface area contributed by atoms with Gasteiger partial charge >= 0.3 is 5.69 Å². The maximum atomic E-state index is 10.4. The summed E-state index contributed by atoms with van der Waals surface area (Å²) >= 11 is 0. The van der Waals surface area contributed by atoms with Gasteiger partial charge in [-0.05, 0) is 17.2 Å². The van der Waals surface area contributed by atoms with Gasteiger partial charge in [0.15, 0.2) is 5.75 Å². The minimum absolute atomic E-state index is 0.260. The monoisotopic (exact) mass is 181 g/mol. The lowest BCUT2D eigenvalue weighted by molar-refractivity contribution is -0.385. The molecule has 0 saturated carbocycles. The second-order valence-electron chi connectivity index (χ2n) is 2.86. The largest absolute Gasteiger partial charge is 0.502 e. The quantitative estimate of drug-likeness (QED) is 0.524. The van der Waals surface area contributed by atoms with E-state index in [0.717, 1.165) is 11.1 Å². The van der Waals surface area contributed by atoms with Crippen LogP contribution in [-0.4, -0.2) is 10.0 Å². The van der Waals surface area contributed by atoms with E-state index in [1.807, 2.05) is 0 Å². The molecule has 0 aromatic heterocycles. The fourth-order valence-corrected chi connectivity index (χ4v) is 1.35. The molecule has 1 aliphatic rings. The van der Waals surface area contributed by atoms with Crippen LogP contribution in [0.5, 0.6) is 5.75 Å². The lowest BCUT2D eigenvalue weighted by Gasteiger charge is -1.99. The molecule has 0 unspecified atom stereocenters. The predicted octanol–water partition coefficient (Wildman–Crippen LogP) is 1.33. The van der Waals surface area contributed by atoms with Gasteiger partial charge in [-0.15, -0.1) is 0 Å². The normalized spacial score (nSPS) is 14.2. The van der Waals surface area contributed by atoms with Crippen LogP contribution >= 0.6 is 0 Å². The summed E-state index contributed by atoms with van der Waals surface area (Å²) in [5.74, 6) is -0.297. The maximum Gasteiger partial charge on any atom is 0.311 e. The van der Waals surface area contributed by atoms with Gasteiger partial charge in [-0.2, -0.15) is 0 Å². The maximum absolute atomic E-state index is 10.4. The fourth-order valence-electron chi connectivity index (χ4n) is 1.35. The summed E-state index contributed by atoms with van der Waals surface area (Å²) in [6, 6.07) is 2.75. The first-order chi connectivity index (χ1) is 6.18. The number of ether oxygens (including phenoxy) is 1. The van der Waals surface area contributed by atoms with Crippen molar-refractivity contribution in [3.8, 4) is 5.75 Å². The Hall–Kier alpha value is -1.62. The smallest absolute Gasteiger partial charge is 0.311 e. The van der Waals surface area contributed by atoms with E-state index < -0.39 is 4.92 Å². The molecule has 5 nitrogen and oxygen atoms in total. The Kier molecular flexibility index (Phi) is 1.66. The van der Waals surface area contributed by atoms with Crippen molar-refractivity contribution in [1.82, 2.24) is 0 Å². The summed E-state index contributed by atoms with van der Waals surface area (Å²) in [7, 11) is 0. The van der Waals surface area contributed by atoms with Crippen LogP contribution in [0.3, 0.4) is 0 Å². The van der Waals surface area contributed by atoms with Crippen molar-refractivity contribution in [2.24, 2.45) is 0 Å². The van der Waals surface area contributed by atoms with Crippen LogP contribution in [-0.2, 0) is 18.0 Å². The van der Waals surface area contributed by atoms with E-state index >= 15 is 0 Å². The van der Waals surface area contributed by atoms with E-state index in [-0.39, 0.29) is 11.4 Å². The number of phenols is 1. The Labute approximate surface area is 73.7 Å². The van der Waals surface area contributed by atoms with Crippen molar-refractivity contribution in [2.45, 2.75) is 13.2 Å². The number of nitro benzene ring substituents is 1. The summed E-state index contributed by atoms with van der Waals surface area (Å²) in [5, 5.41) is 19.7. The van der Waals surface area contributed by atoms with Gasteiger partial charge in [0.05, 0.1) is 18.1 Å². The molecule has 0 fully saturated rings. The molecule has 1 aliphatic heterocycles. The Bertz CT molecular complexity index is 375. The molecule has 13 heavy (non-hydrogen) atoms. The number of fused-ring (bicyclic) bond motifs is 1. The molecule has 0 atom stereocenters. The number of phenolic OH excluding ortho intramolecular Hbond substituents is 1.